The van der Waals surface area contributed by atoms with Crippen molar-refractivity contribution in [1.82, 2.24) is 0 Å². The Morgan fingerprint density at radius 3 is 2.65 bits per heavy atom. The highest BCUT2D eigenvalue weighted by Gasteiger charge is 2.13. The normalized spacial score (nSPS) is 12.4. The third kappa shape index (κ3) is 3.33. The molecule has 0 radical (unpaired) electrons. The molecule has 0 saturated carbocycles. The standard InChI is InChI=1S/C13H12Br2OS/c1-16-11-5-3-2-4-9(11)8-10(14)12-6-7-13(15)17-12/h2-7,10H,8H2,1H3. The van der Waals surface area contributed by atoms with Crippen molar-refractivity contribution in [3.63, 3.8) is 0 Å². The average molecular weight is 376 g/mol. The van der Waals surface area contributed by atoms with E-state index in [1.807, 2.05) is 18.2 Å². The van der Waals surface area contributed by atoms with E-state index in [1.165, 1.54) is 10.4 Å². The average Bonchev–Trinajstić information content (AvgIpc) is 2.77. The second-order valence-corrected chi connectivity index (χ2v) is 7.23. The molecule has 0 spiro atoms. The van der Waals surface area contributed by atoms with E-state index in [0.717, 1.165) is 16.0 Å². The maximum absolute atomic E-state index is 5.36. The Hall–Kier alpha value is -0.320. The number of benzene rings is 1. The molecule has 0 amide bonds. The quantitative estimate of drug-likeness (QED) is 0.667. The molecule has 0 bridgehead atoms. The van der Waals surface area contributed by atoms with Gasteiger partial charge in [0.05, 0.1) is 15.7 Å². The van der Waals surface area contributed by atoms with Gasteiger partial charge in [0.25, 0.3) is 0 Å². The van der Waals surface area contributed by atoms with Crippen LogP contribution in [0.3, 0.4) is 0 Å². The molecular weight excluding hydrogens is 364 g/mol. The van der Waals surface area contributed by atoms with Gasteiger partial charge in [-0.15, -0.1) is 11.3 Å². The number of hydrogen-bond donors (Lipinski definition) is 0. The minimum atomic E-state index is 0.329. The van der Waals surface area contributed by atoms with Crippen LogP contribution in [0.15, 0.2) is 40.2 Å². The zero-order valence-corrected chi connectivity index (χ0v) is 13.3. The highest BCUT2D eigenvalue weighted by molar-refractivity contribution is 9.11. The summed E-state index contributed by atoms with van der Waals surface area (Å²) in [5.74, 6) is 0.951. The SMILES string of the molecule is COc1ccccc1CC(Br)c1ccc(Br)s1. The molecule has 1 unspecified atom stereocenters. The fourth-order valence-corrected chi connectivity index (χ4v) is 3.85. The Morgan fingerprint density at radius 2 is 2.00 bits per heavy atom. The largest absolute Gasteiger partial charge is 0.496 e. The van der Waals surface area contributed by atoms with E-state index < -0.39 is 0 Å². The first-order chi connectivity index (χ1) is 8.20. The molecule has 0 N–H and O–H groups in total. The summed E-state index contributed by atoms with van der Waals surface area (Å²) in [6.07, 6.45) is 0.928. The van der Waals surface area contributed by atoms with Crippen LogP contribution in [0.2, 0.25) is 0 Å². The first-order valence-corrected chi connectivity index (χ1v) is 7.74. The number of hydrogen-bond acceptors (Lipinski definition) is 2. The summed E-state index contributed by atoms with van der Waals surface area (Å²) in [5, 5.41) is 0. The second-order valence-electron chi connectivity index (χ2n) is 3.63. The van der Waals surface area contributed by atoms with Gasteiger partial charge < -0.3 is 4.74 Å². The first kappa shape index (κ1) is 13.1. The number of rotatable bonds is 4. The predicted molar refractivity (Wildman–Crippen MR) is 80.4 cm³/mol. The van der Waals surface area contributed by atoms with E-state index in [0.29, 0.717) is 4.83 Å². The third-order valence-electron chi connectivity index (χ3n) is 2.49. The van der Waals surface area contributed by atoms with Gasteiger partial charge in [-0.05, 0) is 46.1 Å². The van der Waals surface area contributed by atoms with E-state index in [9.17, 15) is 0 Å². The molecule has 2 aromatic rings. The third-order valence-corrected chi connectivity index (χ3v) is 5.35. The number of ether oxygens (including phenoxy) is 1. The van der Waals surface area contributed by atoms with E-state index in [-0.39, 0.29) is 0 Å². The van der Waals surface area contributed by atoms with Gasteiger partial charge in [-0.3, -0.25) is 0 Å². The molecule has 4 heteroatoms. The maximum atomic E-state index is 5.36. The van der Waals surface area contributed by atoms with Gasteiger partial charge in [0.2, 0.25) is 0 Å². The van der Waals surface area contributed by atoms with Crippen molar-refractivity contribution in [3.8, 4) is 5.75 Å². The van der Waals surface area contributed by atoms with Crippen LogP contribution < -0.4 is 4.74 Å². The Kier molecular flexibility index (Phi) is 4.65. The second kappa shape index (κ2) is 6.03. The van der Waals surface area contributed by atoms with E-state index in [1.54, 1.807) is 18.4 Å². The van der Waals surface area contributed by atoms with Crippen LogP contribution in [-0.4, -0.2) is 7.11 Å². The van der Waals surface area contributed by atoms with Gasteiger partial charge in [-0.1, -0.05) is 34.1 Å². The number of halogens is 2. The van der Waals surface area contributed by atoms with Crippen LogP contribution in [0.25, 0.3) is 0 Å². The van der Waals surface area contributed by atoms with Crippen LogP contribution in [0.1, 0.15) is 15.3 Å². The molecule has 0 aliphatic heterocycles. The van der Waals surface area contributed by atoms with Crippen LogP contribution in [0, 0.1) is 0 Å². The van der Waals surface area contributed by atoms with Crippen molar-refractivity contribution < 1.29 is 4.74 Å². The lowest BCUT2D eigenvalue weighted by Crippen LogP contribution is -1.96. The van der Waals surface area contributed by atoms with Crippen LogP contribution in [0.5, 0.6) is 5.75 Å². The summed E-state index contributed by atoms with van der Waals surface area (Å²) in [6.45, 7) is 0. The molecule has 0 aliphatic carbocycles. The van der Waals surface area contributed by atoms with Gasteiger partial charge in [0, 0.05) is 4.88 Å². The highest BCUT2D eigenvalue weighted by atomic mass is 79.9. The highest BCUT2D eigenvalue weighted by Crippen LogP contribution is 2.36. The van der Waals surface area contributed by atoms with E-state index >= 15 is 0 Å². The maximum Gasteiger partial charge on any atom is 0.122 e. The lowest BCUT2D eigenvalue weighted by Gasteiger charge is -2.11. The number of methoxy groups -OCH3 is 1. The van der Waals surface area contributed by atoms with Crippen molar-refractivity contribution in [1.29, 1.82) is 0 Å². The van der Waals surface area contributed by atoms with Gasteiger partial charge in [0.15, 0.2) is 0 Å². The molecule has 0 aliphatic rings. The van der Waals surface area contributed by atoms with Crippen LogP contribution in [-0.2, 0) is 6.42 Å². The molecule has 1 aromatic carbocycles. The smallest absolute Gasteiger partial charge is 0.122 e. The van der Waals surface area contributed by atoms with Gasteiger partial charge in [-0.25, -0.2) is 0 Å². The Labute approximate surface area is 122 Å². The van der Waals surface area contributed by atoms with Crippen molar-refractivity contribution >= 4 is 43.2 Å². The van der Waals surface area contributed by atoms with E-state index in [2.05, 4.69) is 50.1 Å². The number of para-hydroxylation sites is 1. The van der Waals surface area contributed by atoms with Crippen molar-refractivity contribution in [3.05, 3.63) is 50.6 Å². The van der Waals surface area contributed by atoms with Gasteiger partial charge in [0.1, 0.15) is 5.75 Å². The molecule has 1 aromatic heterocycles. The van der Waals surface area contributed by atoms with Crippen molar-refractivity contribution in [2.75, 3.05) is 7.11 Å². The summed E-state index contributed by atoms with van der Waals surface area (Å²) in [4.78, 5) is 1.65. The van der Waals surface area contributed by atoms with Gasteiger partial charge >= 0.3 is 0 Å². The minimum absolute atomic E-state index is 0.329. The molecule has 90 valence electrons. The topological polar surface area (TPSA) is 9.23 Å². The summed E-state index contributed by atoms with van der Waals surface area (Å²) in [5.41, 5.74) is 1.22. The molecule has 0 fully saturated rings. The van der Waals surface area contributed by atoms with Crippen LogP contribution in [0.4, 0.5) is 0 Å². The molecule has 17 heavy (non-hydrogen) atoms. The minimum Gasteiger partial charge on any atom is -0.496 e. The Morgan fingerprint density at radius 1 is 1.24 bits per heavy atom. The Balaban J connectivity index is 2.15. The zero-order chi connectivity index (χ0) is 12.3. The number of alkyl halides is 1. The summed E-state index contributed by atoms with van der Waals surface area (Å²) in [7, 11) is 1.71. The molecule has 2 rings (SSSR count). The lowest BCUT2D eigenvalue weighted by molar-refractivity contribution is 0.409. The fourth-order valence-electron chi connectivity index (χ4n) is 1.66. The lowest BCUT2D eigenvalue weighted by atomic mass is 10.1. The molecule has 1 atom stereocenters. The molecule has 1 heterocycles. The summed E-state index contributed by atoms with van der Waals surface area (Å²) >= 11 is 8.98. The Bertz CT molecular complexity index is 496. The zero-order valence-electron chi connectivity index (χ0n) is 9.32. The predicted octanol–water partition coefficient (Wildman–Crippen LogP) is 5.20. The van der Waals surface area contributed by atoms with E-state index in [4.69, 9.17) is 4.74 Å². The molecule has 0 saturated heterocycles. The van der Waals surface area contributed by atoms with Gasteiger partial charge in [-0.2, -0.15) is 0 Å². The van der Waals surface area contributed by atoms with Crippen molar-refractivity contribution in [2.24, 2.45) is 0 Å². The first-order valence-electron chi connectivity index (χ1n) is 5.22. The monoisotopic (exact) mass is 374 g/mol. The number of thiophene rings is 1. The molecular formula is C13H12Br2OS. The summed E-state index contributed by atoms with van der Waals surface area (Å²) < 4.78 is 6.52. The summed E-state index contributed by atoms with van der Waals surface area (Å²) in [6, 6.07) is 12.4. The fraction of sp³-hybridized carbons (Fsp3) is 0.231. The van der Waals surface area contributed by atoms with Crippen LogP contribution >= 0.6 is 43.2 Å². The molecule has 1 nitrogen and oxygen atoms in total. The van der Waals surface area contributed by atoms with Crippen molar-refractivity contribution in [2.45, 2.75) is 11.2 Å².